The van der Waals surface area contributed by atoms with Gasteiger partial charge >= 0.3 is 6.09 Å². The van der Waals surface area contributed by atoms with Crippen molar-refractivity contribution in [2.24, 2.45) is 0 Å². The average molecular weight is 205 g/mol. The molecule has 15 heavy (non-hydrogen) atoms. The van der Waals surface area contributed by atoms with Gasteiger partial charge in [0, 0.05) is 17.8 Å². The molecule has 4 heteroatoms. The number of amides is 1. The lowest BCUT2D eigenvalue weighted by Crippen LogP contribution is -2.37. The van der Waals surface area contributed by atoms with Crippen molar-refractivity contribution in [3.05, 3.63) is 29.8 Å². The fourth-order valence-corrected chi connectivity index (χ4v) is 1.55. The first kappa shape index (κ1) is 9.71. The lowest BCUT2D eigenvalue weighted by atomic mass is 10.2. The molecule has 0 unspecified atom stereocenters. The number of hydrogen-bond acceptors (Lipinski definition) is 3. The minimum Gasteiger partial charge on any atom is -0.449 e. The van der Waals surface area contributed by atoms with Crippen LogP contribution in [-0.2, 0) is 4.74 Å². The number of carbonyl (C=O) groups is 2. The van der Waals surface area contributed by atoms with E-state index in [-0.39, 0.29) is 6.09 Å². The molecule has 1 heterocycles. The summed E-state index contributed by atoms with van der Waals surface area (Å²) in [4.78, 5) is 23.5. The number of rotatable bonds is 2. The fourth-order valence-electron chi connectivity index (χ4n) is 1.55. The highest BCUT2D eigenvalue weighted by Gasteiger charge is 2.20. The summed E-state index contributed by atoms with van der Waals surface area (Å²) in [6, 6.07) is 6.92. The molecule has 0 aromatic heterocycles. The average Bonchev–Trinajstić information content (AvgIpc) is 2.30. The first-order chi connectivity index (χ1) is 7.31. The third kappa shape index (κ3) is 1.98. The van der Waals surface area contributed by atoms with Crippen molar-refractivity contribution in [3.63, 3.8) is 0 Å². The fraction of sp³-hybridized carbons (Fsp3) is 0.273. The van der Waals surface area contributed by atoms with Crippen LogP contribution in [0.3, 0.4) is 0 Å². The van der Waals surface area contributed by atoms with Crippen LogP contribution in [0.5, 0.6) is 0 Å². The van der Waals surface area contributed by atoms with Crippen molar-refractivity contribution in [2.45, 2.75) is 6.42 Å². The third-order valence-corrected chi connectivity index (χ3v) is 2.29. The Morgan fingerprint density at radius 1 is 1.40 bits per heavy atom. The zero-order chi connectivity index (χ0) is 10.7. The minimum atomic E-state index is -0.343. The monoisotopic (exact) mass is 205 g/mol. The van der Waals surface area contributed by atoms with Gasteiger partial charge in [-0.05, 0) is 18.6 Å². The molecule has 4 nitrogen and oxygen atoms in total. The van der Waals surface area contributed by atoms with Gasteiger partial charge in [0.15, 0.2) is 0 Å². The van der Waals surface area contributed by atoms with E-state index in [0.717, 1.165) is 12.7 Å². The molecule has 0 N–H and O–H groups in total. The second-order valence-corrected chi connectivity index (χ2v) is 3.33. The predicted octanol–water partition coefficient (Wildman–Crippen LogP) is 1.85. The van der Waals surface area contributed by atoms with E-state index >= 15 is 0 Å². The summed E-state index contributed by atoms with van der Waals surface area (Å²) in [7, 11) is 0. The molecule has 1 aliphatic heterocycles. The maximum absolute atomic E-state index is 11.4. The Morgan fingerprint density at radius 2 is 2.27 bits per heavy atom. The quantitative estimate of drug-likeness (QED) is 0.692. The maximum Gasteiger partial charge on any atom is 0.414 e. The molecule has 1 aromatic carbocycles. The predicted molar refractivity (Wildman–Crippen MR) is 55.1 cm³/mol. The SMILES string of the molecule is O=Cc1cccc(N2CCCOC2=O)c1. The number of benzene rings is 1. The van der Waals surface area contributed by atoms with Crippen molar-refractivity contribution in [1.29, 1.82) is 0 Å². The van der Waals surface area contributed by atoms with E-state index in [9.17, 15) is 9.59 Å². The van der Waals surface area contributed by atoms with Crippen LogP contribution in [0.4, 0.5) is 10.5 Å². The van der Waals surface area contributed by atoms with Crippen LogP contribution < -0.4 is 4.90 Å². The van der Waals surface area contributed by atoms with Gasteiger partial charge in [-0.25, -0.2) is 4.79 Å². The minimum absolute atomic E-state index is 0.343. The summed E-state index contributed by atoms with van der Waals surface area (Å²) in [6.45, 7) is 1.11. The Morgan fingerprint density at radius 3 is 3.00 bits per heavy atom. The highest BCUT2D eigenvalue weighted by molar-refractivity contribution is 5.89. The van der Waals surface area contributed by atoms with Crippen molar-refractivity contribution in [3.8, 4) is 0 Å². The molecule has 0 radical (unpaired) electrons. The number of nitrogens with zero attached hydrogens (tertiary/aromatic N) is 1. The van der Waals surface area contributed by atoms with Crippen LogP contribution in [0.1, 0.15) is 16.8 Å². The highest BCUT2D eigenvalue weighted by Crippen LogP contribution is 2.19. The van der Waals surface area contributed by atoms with E-state index in [4.69, 9.17) is 4.74 Å². The summed E-state index contributed by atoms with van der Waals surface area (Å²) in [6.07, 6.45) is 1.24. The molecule has 0 spiro atoms. The Labute approximate surface area is 87.4 Å². The van der Waals surface area contributed by atoms with Crippen LogP contribution in [0.25, 0.3) is 0 Å². The van der Waals surface area contributed by atoms with Gasteiger partial charge in [-0.1, -0.05) is 12.1 Å². The second-order valence-electron chi connectivity index (χ2n) is 3.33. The lowest BCUT2D eigenvalue weighted by Gasteiger charge is -2.26. The zero-order valence-corrected chi connectivity index (χ0v) is 8.18. The Kier molecular flexibility index (Phi) is 2.67. The molecule has 1 fully saturated rings. The van der Waals surface area contributed by atoms with Gasteiger partial charge in [0.1, 0.15) is 6.29 Å². The third-order valence-electron chi connectivity index (χ3n) is 2.29. The Balaban J connectivity index is 2.27. The van der Waals surface area contributed by atoms with Gasteiger partial charge in [-0.2, -0.15) is 0 Å². The summed E-state index contributed by atoms with van der Waals surface area (Å²) in [5.74, 6) is 0. The van der Waals surface area contributed by atoms with Crippen molar-refractivity contribution >= 4 is 18.1 Å². The van der Waals surface area contributed by atoms with Crippen LogP contribution in [0.15, 0.2) is 24.3 Å². The van der Waals surface area contributed by atoms with Crippen molar-refractivity contribution in [1.82, 2.24) is 0 Å². The van der Waals surface area contributed by atoms with Gasteiger partial charge in [0.25, 0.3) is 0 Å². The van der Waals surface area contributed by atoms with Gasteiger partial charge in [-0.15, -0.1) is 0 Å². The van der Waals surface area contributed by atoms with Crippen molar-refractivity contribution in [2.75, 3.05) is 18.1 Å². The first-order valence-corrected chi connectivity index (χ1v) is 4.81. The number of carbonyl (C=O) groups excluding carboxylic acids is 2. The van der Waals surface area contributed by atoms with Crippen LogP contribution in [0, 0.1) is 0 Å². The number of hydrogen-bond donors (Lipinski definition) is 0. The molecular weight excluding hydrogens is 194 g/mol. The van der Waals surface area contributed by atoms with Crippen LogP contribution in [0.2, 0.25) is 0 Å². The number of cyclic esters (lactones) is 1. The lowest BCUT2D eigenvalue weighted by molar-refractivity contribution is 0.112. The van der Waals surface area contributed by atoms with E-state index < -0.39 is 0 Å². The summed E-state index contributed by atoms with van der Waals surface area (Å²) in [5, 5.41) is 0. The summed E-state index contributed by atoms with van der Waals surface area (Å²) in [5.41, 5.74) is 1.27. The molecule has 1 aromatic rings. The molecule has 1 saturated heterocycles. The summed E-state index contributed by atoms with van der Waals surface area (Å²) < 4.78 is 4.92. The Bertz CT molecular complexity index is 389. The second kappa shape index (κ2) is 4.13. The highest BCUT2D eigenvalue weighted by atomic mass is 16.6. The van der Waals surface area contributed by atoms with Gasteiger partial charge < -0.3 is 4.74 Å². The van der Waals surface area contributed by atoms with E-state index in [1.54, 1.807) is 24.3 Å². The van der Waals surface area contributed by atoms with Crippen LogP contribution >= 0.6 is 0 Å². The molecule has 0 saturated carbocycles. The number of anilines is 1. The van der Waals surface area contributed by atoms with Gasteiger partial charge in [-0.3, -0.25) is 9.69 Å². The van der Waals surface area contributed by atoms with Crippen molar-refractivity contribution < 1.29 is 14.3 Å². The topological polar surface area (TPSA) is 46.6 Å². The standard InChI is InChI=1S/C11H11NO3/c13-8-9-3-1-4-10(7-9)12-5-2-6-15-11(12)14/h1,3-4,7-8H,2,5-6H2. The number of aldehydes is 1. The molecule has 1 aliphatic rings. The molecular formula is C11H11NO3. The molecule has 0 atom stereocenters. The first-order valence-electron chi connectivity index (χ1n) is 4.81. The van der Waals surface area contributed by atoms with Gasteiger partial charge in [0.2, 0.25) is 0 Å². The van der Waals surface area contributed by atoms with E-state index in [2.05, 4.69) is 0 Å². The zero-order valence-electron chi connectivity index (χ0n) is 8.18. The van der Waals surface area contributed by atoms with Crippen LogP contribution in [-0.4, -0.2) is 25.5 Å². The smallest absolute Gasteiger partial charge is 0.414 e. The number of ether oxygens (including phenoxy) is 1. The molecule has 2 rings (SSSR count). The molecule has 0 aliphatic carbocycles. The normalized spacial score (nSPS) is 16.0. The largest absolute Gasteiger partial charge is 0.449 e. The van der Waals surface area contributed by atoms with E-state index in [1.807, 2.05) is 0 Å². The molecule has 0 bridgehead atoms. The molecule has 78 valence electrons. The summed E-state index contributed by atoms with van der Waals surface area (Å²) >= 11 is 0. The van der Waals surface area contributed by atoms with Gasteiger partial charge in [0.05, 0.1) is 6.61 Å². The Hall–Kier alpha value is -1.84. The molecule has 1 amide bonds. The maximum atomic E-state index is 11.4. The van der Waals surface area contributed by atoms with E-state index in [0.29, 0.717) is 24.4 Å². The van der Waals surface area contributed by atoms with E-state index in [1.165, 1.54) is 4.90 Å².